The minimum absolute atomic E-state index is 0.313. The molecule has 1 saturated heterocycles. The van der Waals surface area contributed by atoms with Gasteiger partial charge in [0, 0.05) is 12.3 Å². The van der Waals surface area contributed by atoms with Crippen molar-refractivity contribution in [3.63, 3.8) is 0 Å². The fraction of sp³-hybridized carbons (Fsp3) is 0.500. The Morgan fingerprint density at radius 3 is 2.55 bits per heavy atom. The molecule has 1 aliphatic heterocycles. The Labute approximate surface area is 175 Å². The predicted molar refractivity (Wildman–Crippen MR) is 103 cm³/mol. The van der Waals surface area contributed by atoms with Gasteiger partial charge in [-0.2, -0.15) is 5.01 Å². The Morgan fingerprint density at radius 2 is 1.97 bits per heavy atom. The van der Waals surface area contributed by atoms with Crippen LogP contribution in [-0.4, -0.2) is 51.0 Å². The molecule has 31 heavy (non-hydrogen) atoms. The molecule has 2 N–H and O–H groups in total. The first kappa shape index (κ1) is 21.9. The lowest BCUT2D eigenvalue weighted by Crippen LogP contribution is -2.52. The van der Waals surface area contributed by atoms with E-state index in [-0.39, 0.29) is 5.56 Å². The van der Waals surface area contributed by atoms with E-state index < -0.39 is 52.1 Å². The molecule has 1 saturated carbocycles. The SMILES string of the molecule is COC(=O)c1cc([N+](=O)[O-])c(=O)n(CC(=O)NN2C(=O)NC3(CCC(C)CC3)C2=O)c1. The van der Waals surface area contributed by atoms with E-state index in [1.54, 1.807) is 0 Å². The van der Waals surface area contributed by atoms with Crippen molar-refractivity contribution in [2.24, 2.45) is 5.92 Å². The molecule has 2 fully saturated rings. The molecule has 0 bridgehead atoms. The minimum Gasteiger partial charge on any atom is -0.465 e. The topological polar surface area (TPSA) is 170 Å². The minimum atomic E-state index is -1.14. The van der Waals surface area contributed by atoms with Gasteiger partial charge in [0.2, 0.25) is 0 Å². The number of carbonyl (C=O) groups excluding carboxylic acids is 4. The highest BCUT2D eigenvalue weighted by Crippen LogP contribution is 2.35. The summed E-state index contributed by atoms with van der Waals surface area (Å²) >= 11 is 0. The second kappa shape index (κ2) is 8.16. The molecular formula is C18H21N5O8. The summed E-state index contributed by atoms with van der Waals surface area (Å²) in [4.78, 5) is 71.6. The van der Waals surface area contributed by atoms with Crippen LogP contribution in [0.3, 0.4) is 0 Å². The second-order valence-corrected chi connectivity index (χ2v) is 7.67. The van der Waals surface area contributed by atoms with Crippen molar-refractivity contribution in [3.8, 4) is 0 Å². The zero-order chi connectivity index (χ0) is 22.9. The standard InChI is InChI=1S/C18H21N5O8/c1-10-3-5-18(6-4-10)16(27)22(17(28)19-18)20-13(24)9-21-8-11(15(26)31-2)7-12(14(21)25)23(29)30/h7-8,10H,3-6,9H2,1-2H3,(H,19,28)(H,20,24). The van der Waals surface area contributed by atoms with Crippen molar-refractivity contribution in [1.82, 2.24) is 20.3 Å². The van der Waals surface area contributed by atoms with Gasteiger partial charge in [-0.3, -0.25) is 34.5 Å². The number of nitrogens with zero attached hydrogens (tertiary/aromatic N) is 3. The van der Waals surface area contributed by atoms with Gasteiger partial charge in [0.05, 0.1) is 17.6 Å². The highest BCUT2D eigenvalue weighted by Gasteiger charge is 2.52. The Morgan fingerprint density at radius 1 is 1.32 bits per heavy atom. The number of urea groups is 1. The lowest BCUT2D eigenvalue weighted by molar-refractivity contribution is -0.386. The van der Waals surface area contributed by atoms with Gasteiger partial charge in [0.25, 0.3) is 11.8 Å². The number of pyridine rings is 1. The number of aromatic nitrogens is 1. The van der Waals surface area contributed by atoms with Crippen LogP contribution >= 0.6 is 0 Å². The molecule has 0 unspecified atom stereocenters. The van der Waals surface area contributed by atoms with Crippen molar-refractivity contribution < 1.29 is 28.8 Å². The summed E-state index contributed by atoms with van der Waals surface area (Å²) in [5.74, 6) is -2.08. The molecule has 4 amide bonds. The smallest absolute Gasteiger partial charge is 0.344 e. The molecule has 13 heteroatoms. The van der Waals surface area contributed by atoms with Crippen LogP contribution in [0.4, 0.5) is 10.5 Å². The molecule has 1 aromatic heterocycles. The van der Waals surface area contributed by atoms with E-state index in [9.17, 15) is 34.1 Å². The van der Waals surface area contributed by atoms with Crippen LogP contribution in [-0.2, 0) is 20.9 Å². The zero-order valence-electron chi connectivity index (χ0n) is 16.9. The number of ether oxygens (including phenoxy) is 1. The normalized spacial score (nSPS) is 22.9. The van der Waals surface area contributed by atoms with E-state index in [0.29, 0.717) is 28.3 Å². The van der Waals surface area contributed by atoms with E-state index in [0.717, 1.165) is 32.2 Å². The third-order valence-electron chi connectivity index (χ3n) is 5.52. The average Bonchev–Trinajstić information content (AvgIpc) is 2.95. The van der Waals surface area contributed by atoms with Gasteiger partial charge in [0.15, 0.2) is 0 Å². The van der Waals surface area contributed by atoms with E-state index >= 15 is 0 Å². The van der Waals surface area contributed by atoms with Gasteiger partial charge >= 0.3 is 23.2 Å². The van der Waals surface area contributed by atoms with Crippen molar-refractivity contribution in [2.75, 3.05) is 7.11 Å². The lowest BCUT2D eigenvalue weighted by Gasteiger charge is -2.33. The number of amides is 4. The molecule has 1 aliphatic carbocycles. The Hall–Kier alpha value is -3.77. The van der Waals surface area contributed by atoms with E-state index in [2.05, 4.69) is 15.5 Å². The van der Waals surface area contributed by atoms with Crippen LogP contribution in [0.1, 0.15) is 43.0 Å². The van der Waals surface area contributed by atoms with Crippen LogP contribution in [0, 0.1) is 16.0 Å². The molecule has 0 atom stereocenters. The number of imide groups is 1. The Bertz CT molecular complexity index is 1020. The maximum atomic E-state index is 12.8. The molecule has 3 rings (SSSR count). The van der Waals surface area contributed by atoms with Crippen LogP contribution in [0.25, 0.3) is 0 Å². The maximum absolute atomic E-state index is 12.8. The summed E-state index contributed by atoms with van der Waals surface area (Å²) in [5, 5.41) is 14.3. The van der Waals surface area contributed by atoms with Gasteiger partial charge < -0.3 is 10.1 Å². The molecule has 2 heterocycles. The Kier molecular flexibility index (Phi) is 5.77. The quantitative estimate of drug-likeness (QED) is 0.283. The number of methoxy groups -OCH3 is 1. The second-order valence-electron chi connectivity index (χ2n) is 7.67. The number of esters is 1. The average molecular weight is 435 g/mol. The fourth-order valence-electron chi connectivity index (χ4n) is 3.73. The van der Waals surface area contributed by atoms with E-state index in [4.69, 9.17) is 0 Å². The summed E-state index contributed by atoms with van der Waals surface area (Å²) in [5.41, 5.74) is -1.32. The van der Waals surface area contributed by atoms with Gasteiger partial charge in [-0.25, -0.2) is 9.59 Å². The largest absolute Gasteiger partial charge is 0.465 e. The number of rotatable bonds is 5. The van der Waals surface area contributed by atoms with Crippen molar-refractivity contribution in [2.45, 2.75) is 44.7 Å². The third-order valence-corrected chi connectivity index (χ3v) is 5.52. The predicted octanol–water partition coefficient (Wildman–Crippen LogP) is 0.0750. The first-order valence-corrected chi connectivity index (χ1v) is 9.51. The van der Waals surface area contributed by atoms with Crippen molar-refractivity contribution in [3.05, 3.63) is 38.3 Å². The number of carbonyl (C=O) groups is 4. The summed E-state index contributed by atoms with van der Waals surface area (Å²) in [6.07, 6.45) is 3.30. The first-order chi connectivity index (χ1) is 14.6. The number of nitrogens with one attached hydrogen (secondary N) is 2. The van der Waals surface area contributed by atoms with Crippen LogP contribution in [0.5, 0.6) is 0 Å². The highest BCUT2D eigenvalue weighted by atomic mass is 16.6. The van der Waals surface area contributed by atoms with Gasteiger partial charge in [0.1, 0.15) is 12.1 Å². The first-order valence-electron chi connectivity index (χ1n) is 9.51. The molecule has 166 valence electrons. The van der Waals surface area contributed by atoms with Gasteiger partial charge in [-0.05, 0) is 31.6 Å². The monoisotopic (exact) mass is 435 g/mol. The summed E-state index contributed by atoms with van der Waals surface area (Å²) in [6, 6.07) is -0.0528. The fourth-order valence-corrected chi connectivity index (χ4v) is 3.73. The van der Waals surface area contributed by atoms with E-state index in [1.807, 2.05) is 6.92 Å². The number of hydrogen-bond donors (Lipinski definition) is 2. The van der Waals surface area contributed by atoms with Gasteiger partial charge in [-0.15, -0.1) is 0 Å². The summed E-state index contributed by atoms with van der Waals surface area (Å²) in [6.45, 7) is 1.28. The number of hydrogen-bond acceptors (Lipinski definition) is 8. The third kappa shape index (κ3) is 4.11. The molecule has 1 spiro atoms. The van der Waals surface area contributed by atoms with Crippen molar-refractivity contribution in [1.29, 1.82) is 0 Å². The van der Waals surface area contributed by atoms with Crippen LogP contribution < -0.4 is 16.3 Å². The lowest BCUT2D eigenvalue weighted by atomic mass is 9.77. The van der Waals surface area contributed by atoms with Crippen molar-refractivity contribution >= 4 is 29.5 Å². The molecule has 1 aromatic rings. The highest BCUT2D eigenvalue weighted by molar-refractivity contribution is 6.08. The van der Waals surface area contributed by atoms with E-state index in [1.165, 1.54) is 0 Å². The molecule has 0 aromatic carbocycles. The molecular weight excluding hydrogens is 414 g/mol. The Balaban J connectivity index is 1.79. The number of hydrazine groups is 1. The number of nitro groups is 1. The van der Waals surface area contributed by atoms with Gasteiger partial charge in [-0.1, -0.05) is 6.92 Å². The molecule has 13 nitrogen and oxygen atoms in total. The zero-order valence-corrected chi connectivity index (χ0v) is 16.9. The summed E-state index contributed by atoms with van der Waals surface area (Å²) in [7, 11) is 1.05. The molecule has 2 aliphatic rings. The van der Waals surface area contributed by atoms with Crippen LogP contribution in [0.2, 0.25) is 0 Å². The molecule has 0 radical (unpaired) electrons. The maximum Gasteiger partial charge on any atom is 0.344 e. The van der Waals surface area contributed by atoms with Crippen LogP contribution in [0.15, 0.2) is 17.1 Å². The summed E-state index contributed by atoms with van der Waals surface area (Å²) < 4.78 is 5.13.